The second kappa shape index (κ2) is 7.80. The van der Waals surface area contributed by atoms with E-state index in [0.29, 0.717) is 28.8 Å². The molecule has 6 heteroatoms. The summed E-state index contributed by atoms with van der Waals surface area (Å²) in [6.45, 7) is 0.708. The number of nitrogens with zero attached hydrogens (tertiary/aromatic N) is 1. The predicted molar refractivity (Wildman–Crippen MR) is 74.9 cm³/mol. The molecule has 0 bridgehead atoms. The second-order valence-electron chi connectivity index (χ2n) is 3.56. The SMILES string of the molecule is COCCNC(=O)/C(C#N)=C/c1cccc(Cl)c1Cl. The standard InChI is InChI=1S/C13H12Cl2N2O2/c1-19-6-5-17-13(18)10(8-16)7-9-3-2-4-11(14)12(9)15/h2-4,7H,5-6H2,1H3,(H,17,18)/b10-7+. The van der Waals surface area contributed by atoms with Crippen molar-refractivity contribution in [2.45, 2.75) is 0 Å². The lowest BCUT2D eigenvalue weighted by molar-refractivity contribution is -0.117. The summed E-state index contributed by atoms with van der Waals surface area (Å²) in [7, 11) is 1.53. The third kappa shape index (κ3) is 4.56. The van der Waals surface area contributed by atoms with E-state index in [2.05, 4.69) is 5.32 Å². The Kier molecular flexibility index (Phi) is 6.37. The van der Waals surface area contributed by atoms with Crippen LogP contribution in [0.4, 0.5) is 0 Å². The highest BCUT2D eigenvalue weighted by atomic mass is 35.5. The topological polar surface area (TPSA) is 62.1 Å². The minimum absolute atomic E-state index is 0.0414. The highest BCUT2D eigenvalue weighted by Gasteiger charge is 2.10. The van der Waals surface area contributed by atoms with Gasteiger partial charge in [0.05, 0.1) is 16.7 Å². The zero-order chi connectivity index (χ0) is 14.3. The summed E-state index contributed by atoms with van der Waals surface area (Å²) >= 11 is 11.8. The molecule has 0 saturated carbocycles. The van der Waals surface area contributed by atoms with E-state index in [-0.39, 0.29) is 5.57 Å². The van der Waals surface area contributed by atoms with Crippen LogP contribution in [-0.2, 0) is 9.53 Å². The van der Waals surface area contributed by atoms with Crippen LogP contribution in [0.2, 0.25) is 10.0 Å². The Bertz CT molecular complexity index is 536. The van der Waals surface area contributed by atoms with Crippen molar-refractivity contribution in [1.82, 2.24) is 5.32 Å². The highest BCUT2D eigenvalue weighted by Crippen LogP contribution is 2.27. The lowest BCUT2D eigenvalue weighted by Gasteiger charge is -2.04. The fraction of sp³-hybridized carbons (Fsp3) is 0.231. The summed E-state index contributed by atoms with van der Waals surface area (Å²) in [5.74, 6) is -0.476. The Morgan fingerprint density at radius 3 is 2.89 bits per heavy atom. The molecule has 0 atom stereocenters. The Labute approximate surface area is 121 Å². The van der Waals surface area contributed by atoms with Gasteiger partial charge in [-0.1, -0.05) is 35.3 Å². The third-order valence-electron chi connectivity index (χ3n) is 2.24. The van der Waals surface area contributed by atoms with Gasteiger partial charge < -0.3 is 10.1 Å². The molecular weight excluding hydrogens is 287 g/mol. The van der Waals surface area contributed by atoms with Crippen LogP contribution in [-0.4, -0.2) is 26.2 Å². The van der Waals surface area contributed by atoms with Gasteiger partial charge in [0.15, 0.2) is 0 Å². The Morgan fingerprint density at radius 2 is 2.26 bits per heavy atom. The molecule has 0 heterocycles. The largest absolute Gasteiger partial charge is 0.383 e. The van der Waals surface area contributed by atoms with E-state index < -0.39 is 5.91 Å². The number of rotatable bonds is 5. The van der Waals surface area contributed by atoms with Crippen molar-refractivity contribution in [2.24, 2.45) is 0 Å². The molecule has 4 nitrogen and oxygen atoms in total. The average Bonchev–Trinajstić information content (AvgIpc) is 2.40. The van der Waals surface area contributed by atoms with Crippen molar-refractivity contribution in [1.29, 1.82) is 5.26 Å². The van der Waals surface area contributed by atoms with Crippen molar-refractivity contribution < 1.29 is 9.53 Å². The van der Waals surface area contributed by atoms with Gasteiger partial charge in [0, 0.05) is 13.7 Å². The first kappa shape index (κ1) is 15.5. The fourth-order valence-corrected chi connectivity index (χ4v) is 1.66. The summed E-state index contributed by atoms with van der Waals surface area (Å²) < 4.78 is 4.80. The Hall–Kier alpha value is -1.54. The predicted octanol–water partition coefficient (Wildman–Crippen LogP) is 2.66. The first-order chi connectivity index (χ1) is 9.10. The lowest BCUT2D eigenvalue weighted by atomic mass is 10.1. The number of benzene rings is 1. The van der Waals surface area contributed by atoms with Crippen LogP contribution in [0.15, 0.2) is 23.8 Å². The molecule has 0 aliphatic rings. The number of nitriles is 1. The van der Waals surface area contributed by atoms with Gasteiger partial charge in [-0.2, -0.15) is 5.26 Å². The molecule has 0 aromatic heterocycles. The van der Waals surface area contributed by atoms with Crippen LogP contribution >= 0.6 is 23.2 Å². The zero-order valence-corrected chi connectivity index (χ0v) is 11.8. The fourth-order valence-electron chi connectivity index (χ4n) is 1.30. The molecule has 1 aromatic rings. The molecule has 0 spiro atoms. The Morgan fingerprint density at radius 1 is 1.53 bits per heavy atom. The van der Waals surface area contributed by atoms with Gasteiger partial charge in [-0.15, -0.1) is 0 Å². The van der Waals surface area contributed by atoms with Gasteiger partial charge in [-0.25, -0.2) is 0 Å². The quantitative estimate of drug-likeness (QED) is 0.516. The van der Waals surface area contributed by atoms with Gasteiger partial charge >= 0.3 is 0 Å². The highest BCUT2D eigenvalue weighted by molar-refractivity contribution is 6.43. The van der Waals surface area contributed by atoms with Crippen LogP contribution in [0.1, 0.15) is 5.56 Å². The van der Waals surface area contributed by atoms with E-state index >= 15 is 0 Å². The summed E-state index contributed by atoms with van der Waals surface area (Å²) in [5, 5.41) is 12.2. The van der Waals surface area contributed by atoms with Crippen molar-refractivity contribution in [3.05, 3.63) is 39.4 Å². The molecular formula is C13H12Cl2N2O2. The molecule has 100 valence electrons. The number of halogens is 2. The molecule has 0 unspecified atom stereocenters. The van der Waals surface area contributed by atoms with E-state index in [1.807, 2.05) is 6.07 Å². The third-order valence-corrected chi connectivity index (χ3v) is 3.07. The van der Waals surface area contributed by atoms with Crippen molar-refractivity contribution in [3.63, 3.8) is 0 Å². The minimum atomic E-state index is -0.476. The maximum Gasteiger partial charge on any atom is 0.262 e. The monoisotopic (exact) mass is 298 g/mol. The van der Waals surface area contributed by atoms with E-state index in [1.54, 1.807) is 18.2 Å². The van der Waals surface area contributed by atoms with E-state index in [0.717, 1.165) is 0 Å². The number of hydrogen-bond donors (Lipinski definition) is 1. The molecule has 1 rings (SSSR count). The molecule has 0 aliphatic carbocycles. The normalized spacial score (nSPS) is 10.9. The first-order valence-corrected chi connectivity index (χ1v) is 6.18. The van der Waals surface area contributed by atoms with Gasteiger partial charge in [-0.3, -0.25) is 4.79 Å². The van der Waals surface area contributed by atoms with Crippen LogP contribution in [0.25, 0.3) is 6.08 Å². The van der Waals surface area contributed by atoms with E-state index in [1.165, 1.54) is 13.2 Å². The number of ether oxygens (including phenoxy) is 1. The smallest absolute Gasteiger partial charge is 0.262 e. The number of carbonyl (C=O) groups excluding carboxylic acids is 1. The van der Waals surface area contributed by atoms with E-state index in [4.69, 9.17) is 33.2 Å². The molecule has 1 amide bonds. The maximum absolute atomic E-state index is 11.7. The number of amides is 1. The van der Waals surface area contributed by atoms with Gasteiger partial charge in [0.1, 0.15) is 11.6 Å². The van der Waals surface area contributed by atoms with E-state index in [9.17, 15) is 4.79 Å². The van der Waals surface area contributed by atoms with Gasteiger partial charge in [-0.05, 0) is 17.7 Å². The van der Waals surface area contributed by atoms with Crippen LogP contribution in [0.3, 0.4) is 0 Å². The summed E-state index contributed by atoms with van der Waals surface area (Å²) in [6.07, 6.45) is 1.40. The molecule has 0 aliphatic heterocycles. The van der Waals surface area contributed by atoms with Gasteiger partial charge in [0.25, 0.3) is 5.91 Å². The number of methoxy groups -OCH3 is 1. The van der Waals surface area contributed by atoms with Crippen LogP contribution in [0.5, 0.6) is 0 Å². The molecule has 0 fully saturated rings. The number of hydrogen-bond acceptors (Lipinski definition) is 3. The molecule has 19 heavy (non-hydrogen) atoms. The summed E-state index contributed by atoms with van der Waals surface area (Å²) in [5.41, 5.74) is 0.480. The summed E-state index contributed by atoms with van der Waals surface area (Å²) in [6, 6.07) is 6.83. The molecule has 1 N–H and O–H groups in total. The number of nitrogens with one attached hydrogen (secondary N) is 1. The minimum Gasteiger partial charge on any atom is -0.383 e. The van der Waals surface area contributed by atoms with Crippen molar-refractivity contribution >= 4 is 35.2 Å². The van der Waals surface area contributed by atoms with Crippen molar-refractivity contribution in [3.8, 4) is 6.07 Å². The Balaban J connectivity index is 2.90. The maximum atomic E-state index is 11.7. The first-order valence-electron chi connectivity index (χ1n) is 5.43. The lowest BCUT2D eigenvalue weighted by Crippen LogP contribution is -2.27. The molecule has 0 saturated heterocycles. The van der Waals surface area contributed by atoms with Crippen molar-refractivity contribution in [2.75, 3.05) is 20.3 Å². The van der Waals surface area contributed by atoms with Crippen LogP contribution < -0.4 is 5.32 Å². The molecule has 1 aromatic carbocycles. The number of carbonyl (C=O) groups is 1. The average molecular weight is 299 g/mol. The van der Waals surface area contributed by atoms with Crippen LogP contribution in [0, 0.1) is 11.3 Å². The second-order valence-corrected chi connectivity index (χ2v) is 4.35. The zero-order valence-electron chi connectivity index (χ0n) is 10.2. The van der Waals surface area contributed by atoms with Gasteiger partial charge in [0.2, 0.25) is 0 Å². The summed E-state index contributed by atoms with van der Waals surface area (Å²) in [4.78, 5) is 11.7. The molecule has 0 radical (unpaired) electrons.